The van der Waals surface area contributed by atoms with E-state index in [-0.39, 0.29) is 6.61 Å². The highest BCUT2D eigenvalue weighted by molar-refractivity contribution is 5.05. The van der Waals surface area contributed by atoms with Crippen molar-refractivity contribution in [3.8, 4) is 0 Å². The second kappa shape index (κ2) is 10.3. The molecule has 0 aromatic rings. The molecule has 17 heavy (non-hydrogen) atoms. The molecule has 0 aromatic carbocycles. The third-order valence-electron chi connectivity index (χ3n) is 3.06. The van der Waals surface area contributed by atoms with Gasteiger partial charge in [0.25, 0.3) is 0 Å². The van der Waals surface area contributed by atoms with Gasteiger partial charge in [0.1, 0.15) is 0 Å². The van der Waals surface area contributed by atoms with E-state index < -0.39 is 0 Å². The van der Waals surface area contributed by atoms with Crippen LogP contribution in [0.2, 0.25) is 0 Å². The molecule has 0 atom stereocenters. The van der Waals surface area contributed by atoms with Crippen molar-refractivity contribution in [1.29, 1.82) is 0 Å². The zero-order valence-corrected chi connectivity index (χ0v) is 11.9. The smallest absolute Gasteiger partial charge is 0.0614 e. The summed E-state index contributed by atoms with van der Waals surface area (Å²) in [6.07, 6.45) is 12.2. The van der Waals surface area contributed by atoms with E-state index in [1.165, 1.54) is 23.1 Å². The summed E-state index contributed by atoms with van der Waals surface area (Å²) in [4.78, 5) is 0. The highest BCUT2D eigenvalue weighted by Crippen LogP contribution is 2.11. The van der Waals surface area contributed by atoms with Gasteiger partial charge in [-0.25, -0.2) is 0 Å². The van der Waals surface area contributed by atoms with E-state index in [4.69, 9.17) is 5.11 Å². The van der Waals surface area contributed by atoms with Gasteiger partial charge in [0.2, 0.25) is 0 Å². The summed E-state index contributed by atoms with van der Waals surface area (Å²) in [5, 5.41) is 8.74. The first-order chi connectivity index (χ1) is 8.10. The first-order valence-corrected chi connectivity index (χ1v) is 6.67. The molecule has 98 valence electrons. The van der Waals surface area contributed by atoms with Crippen LogP contribution in [-0.2, 0) is 0 Å². The maximum atomic E-state index is 8.74. The first kappa shape index (κ1) is 16.2. The van der Waals surface area contributed by atoms with Crippen molar-refractivity contribution in [2.45, 2.75) is 59.8 Å². The molecule has 0 aliphatic rings. The second-order valence-corrected chi connectivity index (χ2v) is 4.76. The average molecular weight is 236 g/mol. The Morgan fingerprint density at radius 1 is 0.824 bits per heavy atom. The quantitative estimate of drug-likeness (QED) is 0.601. The third-order valence-corrected chi connectivity index (χ3v) is 3.06. The van der Waals surface area contributed by atoms with Crippen LogP contribution in [0.5, 0.6) is 0 Å². The minimum atomic E-state index is 0.162. The lowest BCUT2D eigenvalue weighted by Crippen LogP contribution is -1.82. The van der Waals surface area contributed by atoms with Crippen LogP contribution in [0.3, 0.4) is 0 Å². The summed E-state index contributed by atoms with van der Waals surface area (Å²) in [5.41, 5.74) is 4.24. The molecule has 0 aromatic heterocycles. The Labute approximate surface area is 107 Å². The Kier molecular flexibility index (Phi) is 9.84. The maximum absolute atomic E-state index is 8.74. The highest BCUT2D eigenvalue weighted by atomic mass is 16.2. The van der Waals surface area contributed by atoms with Crippen LogP contribution in [0.1, 0.15) is 59.8 Å². The second-order valence-electron chi connectivity index (χ2n) is 4.76. The van der Waals surface area contributed by atoms with Gasteiger partial charge in [0.05, 0.1) is 6.61 Å². The molecule has 1 heteroatoms. The largest absolute Gasteiger partial charge is 0.392 e. The lowest BCUT2D eigenvalue weighted by atomic mass is 10.1. The van der Waals surface area contributed by atoms with Crippen molar-refractivity contribution in [1.82, 2.24) is 0 Å². The van der Waals surface area contributed by atoms with E-state index in [2.05, 4.69) is 39.8 Å². The Balaban J connectivity index is 3.83. The van der Waals surface area contributed by atoms with E-state index in [1.807, 2.05) is 6.08 Å². The van der Waals surface area contributed by atoms with Crippen LogP contribution in [0.4, 0.5) is 0 Å². The lowest BCUT2D eigenvalue weighted by Gasteiger charge is -2.01. The number of hydrogen-bond donors (Lipinski definition) is 1. The molecule has 0 rings (SSSR count). The minimum absolute atomic E-state index is 0.162. The zero-order chi connectivity index (χ0) is 13.1. The van der Waals surface area contributed by atoms with Gasteiger partial charge < -0.3 is 5.11 Å². The molecule has 0 radical (unpaired) electrons. The fraction of sp³-hybridized carbons (Fsp3) is 0.625. The molecule has 0 amide bonds. The molecule has 0 unspecified atom stereocenters. The van der Waals surface area contributed by atoms with Gasteiger partial charge in [-0.15, -0.1) is 0 Å². The van der Waals surface area contributed by atoms with Crippen LogP contribution in [0.25, 0.3) is 0 Å². The summed E-state index contributed by atoms with van der Waals surface area (Å²) in [6, 6.07) is 0. The van der Waals surface area contributed by atoms with Gasteiger partial charge in [0, 0.05) is 0 Å². The van der Waals surface area contributed by atoms with Crippen molar-refractivity contribution < 1.29 is 5.11 Å². The number of allylic oxidation sites excluding steroid dienone is 5. The third kappa shape index (κ3) is 10.1. The molecule has 1 N–H and O–H groups in total. The molecular formula is C16H28O. The van der Waals surface area contributed by atoms with Crippen molar-refractivity contribution in [2.75, 3.05) is 6.61 Å². The Morgan fingerprint density at radius 3 is 1.76 bits per heavy atom. The molecule has 0 saturated carbocycles. The van der Waals surface area contributed by atoms with Crippen LogP contribution in [0, 0.1) is 0 Å². The van der Waals surface area contributed by atoms with E-state index in [0.717, 1.165) is 25.7 Å². The average Bonchev–Trinajstić information content (AvgIpc) is 2.29. The van der Waals surface area contributed by atoms with Crippen molar-refractivity contribution in [3.63, 3.8) is 0 Å². The molecule has 0 aliphatic heterocycles. The standard InChI is InChI=1S/C16H28O/c1-5-14(2)8-6-9-15(3)10-7-11-16(4)12-13-17/h8,10,12,17H,5-7,9,11,13H2,1-4H3/b14-8?,15-10+,16-12+. The van der Waals surface area contributed by atoms with E-state index in [9.17, 15) is 0 Å². The molecule has 0 saturated heterocycles. The van der Waals surface area contributed by atoms with Gasteiger partial charge in [-0.2, -0.15) is 0 Å². The van der Waals surface area contributed by atoms with E-state index >= 15 is 0 Å². The lowest BCUT2D eigenvalue weighted by molar-refractivity contribution is 0.341. The normalized spacial score (nSPS) is 14.3. The van der Waals surface area contributed by atoms with Gasteiger partial charge in [0.15, 0.2) is 0 Å². The predicted molar refractivity (Wildman–Crippen MR) is 77.1 cm³/mol. The number of aliphatic hydroxyl groups is 1. The molecule has 0 heterocycles. The number of hydrogen-bond acceptors (Lipinski definition) is 1. The summed E-state index contributed by atoms with van der Waals surface area (Å²) in [5.74, 6) is 0. The fourth-order valence-electron chi connectivity index (χ4n) is 1.60. The molecule has 0 aliphatic carbocycles. The van der Waals surface area contributed by atoms with Crippen molar-refractivity contribution in [2.24, 2.45) is 0 Å². The van der Waals surface area contributed by atoms with Crippen LogP contribution in [-0.4, -0.2) is 11.7 Å². The SMILES string of the molecule is CCC(C)=CCC/C(C)=C/CC/C(C)=C/CO. The topological polar surface area (TPSA) is 20.2 Å². The highest BCUT2D eigenvalue weighted by Gasteiger charge is 1.91. The van der Waals surface area contributed by atoms with E-state index in [1.54, 1.807) is 0 Å². The fourth-order valence-corrected chi connectivity index (χ4v) is 1.60. The molecule has 1 nitrogen and oxygen atoms in total. The summed E-state index contributed by atoms with van der Waals surface area (Å²) >= 11 is 0. The van der Waals surface area contributed by atoms with Gasteiger partial charge in [-0.3, -0.25) is 0 Å². The zero-order valence-electron chi connectivity index (χ0n) is 11.9. The summed E-state index contributed by atoms with van der Waals surface area (Å²) < 4.78 is 0. The van der Waals surface area contributed by atoms with Crippen molar-refractivity contribution in [3.05, 3.63) is 34.9 Å². The molecule has 0 spiro atoms. The monoisotopic (exact) mass is 236 g/mol. The predicted octanol–water partition coefficient (Wildman–Crippen LogP) is 4.79. The Morgan fingerprint density at radius 2 is 1.29 bits per heavy atom. The Hall–Kier alpha value is -0.820. The summed E-state index contributed by atoms with van der Waals surface area (Å²) in [7, 11) is 0. The van der Waals surface area contributed by atoms with Crippen LogP contribution < -0.4 is 0 Å². The van der Waals surface area contributed by atoms with Gasteiger partial charge in [-0.05, 0) is 52.9 Å². The van der Waals surface area contributed by atoms with E-state index in [0.29, 0.717) is 0 Å². The molecular weight excluding hydrogens is 208 g/mol. The van der Waals surface area contributed by atoms with Crippen LogP contribution >= 0.6 is 0 Å². The summed E-state index contributed by atoms with van der Waals surface area (Å²) in [6.45, 7) is 8.84. The van der Waals surface area contributed by atoms with Gasteiger partial charge in [-0.1, -0.05) is 41.9 Å². The molecule has 0 fully saturated rings. The maximum Gasteiger partial charge on any atom is 0.0614 e. The minimum Gasteiger partial charge on any atom is -0.392 e. The Bertz CT molecular complexity index is 282. The number of aliphatic hydroxyl groups excluding tert-OH is 1. The number of rotatable bonds is 8. The van der Waals surface area contributed by atoms with Gasteiger partial charge >= 0.3 is 0 Å². The van der Waals surface area contributed by atoms with Crippen molar-refractivity contribution >= 4 is 0 Å². The van der Waals surface area contributed by atoms with Crippen LogP contribution in [0.15, 0.2) is 34.9 Å². The molecule has 0 bridgehead atoms. The first-order valence-electron chi connectivity index (χ1n) is 6.67.